The molecule has 96 valence electrons. The second kappa shape index (κ2) is 5.74. The van der Waals surface area contributed by atoms with Crippen LogP contribution in [0.1, 0.15) is 5.56 Å². The molecule has 0 radical (unpaired) electrons. The molecule has 0 saturated carbocycles. The summed E-state index contributed by atoms with van der Waals surface area (Å²) in [5, 5.41) is 12.2. The zero-order chi connectivity index (χ0) is 13.7. The molecule has 0 aliphatic heterocycles. The van der Waals surface area contributed by atoms with Gasteiger partial charge in [0.2, 0.25) is 0 Å². The van der Waals surface area contributed by atoms with Crippen LogP contribution in [0.25, 0.3) is 0 Å². The van der Waals surface area contributed by atoms with E-state index in [0.29, 0.717) is 22.7 Å². The molecular formula is C14H13N3O2. The van der Waals surface area contributed by atoms with Crippen molar-refractivity contribution in [3.05, 3.63) is 42.2 Å². The maximum atomic E-state index is 9.03. The van der Waals surface area contributed by atoms with Crippen molar-refractivity contribution in [2.24, 2.45) is 0 Å². The van der Waals surface area contributed by atoms with Crippen molar-refractivity contribution in [1.82, 2.24) is 4.98 Å². The Kier molecular flexibility index (Phi) is 3.84. The van der Waals surface area contributed by atoms with Crippen LogP contribution in [0.4, 0.5) is 11.4 Å². The van der Waals surface area contributed by atoms with Crippen molar-refractivity contribution in [2.75, 3.05) is 19.5 Å². The predicted molar refractivity (Wildman–Crippen MR) is 71.8 cm³/mol. The quantitative estimate of drug-likeness (QED) is 0.909. The highest BCUT2D eigenvalue weighted by Crippen LogP contribution is 2.28. The predicted octanol–water partition coefficient (Wildman–Crippen LogP) is 2.71. The molecule has 0 fully saturated rings. The normalized spacial score (nSPS) is 9.53. The molecule has 1 N–H and O–H groups in total. The van der Waals surface area contributed by atoms with E-state index in [-0.39, 0.29) is 0 Å². The first kappa shape index (κ1) is 12.7. The Labute approximate surface area is 111 Å². The number of hydrogen-bond donors (Lipinski definition) is 1. The van der Waals surface area contributed by atoms with Crippen LogP contribution in [0.2, 0.25) is 0 Å². The molecule has 1 heterocycles. The third-order valence-electron chi connectivity index (χ3n) is 2.57. The monoisotopic (exact) mass is 255 g/mol. The maximum absolute atomic E-state index is 9.03. The number of nitrogens with zero attached hydrogens (tertiary/aromatic N) is 2. The molecule has 19 heavy (non-hydrogen) atoms. The summed E-state index contributed by atoms with van der Waals surface area (Å²) in [6.07, 6.45) is 3.18. The van der Waals surface area contributed by atoms with Gasteiger partial charge in [-0.1, -0.05) is 0 Å². The van der Waals surface area contributed by atoms with Gasteiger partial charge in [-0.05, 0) is 6.07 Å². The number of aromatic nitrogens is 1. The zero-order valence-corrected chi connectivity index (χ0v) is 10.7. The molecule has 0 atom stereocenters. The molecule has 0 unspecified atom stereocenters. The van der Waals surface area contributed by atoms with E-state index in [1.165, 1.54) is 0 Å². The van der Waals surface area contributed by atoms with Crippen LogP contribution in [-0.2, 0) is 0 Å². The van der Waals surface area contributed by atoms with Crippen LogP contribution in [0.15, 0.2) is 36.7 Å². The lowest BCUT2D eigenvalue weighted by Crippen LogP contribution is -1.96. The number of rotatable bonds is 4. The first-order valence-electron chi connectivity index (χ1n) is 5.61. The van der Waals surface area contributed by atoms with E-state index in [0.717, 1.165) is 5.69 Å². The Morgan fingerprint density at radius 3 is 2.42 bits per heavy atom. The topological polar surface area (TPSA) is 67.2 Å². The van der Waals surface area contributed by atoms with Gasteiger partial charge in [-0.2, -0.15) is 5.26 Å². The van der Waals surface area contributed by atoms with Gasteiger partial charge in [0.15, 0.2) is 0 Å². The van der Waals surface area contributed by atoms with E-state index in [9.17, 15) is 0 Å². The SMILES string of the molecule is COc1cc(Nc2cnccc2C#N)cc(OC)c1. The Morgan fingerprint density at radius 2 is 1.84 bits per heavy atom. The smallest absolute Gasteiger partial charge is 0.124 e. The minimum atomic E-state index is 0.525. The average molecular weight is 255 g/mol. The summed E-state index contributed by atoms with van der Waals surface area (Å²) in [5.74, 6) is 1.34. The number of benzene rings is 1. The molecule has 0 bridgehead atoms. The first-order valence-corrected chi connectivity index (χ1v) is 5.61. The van der Waals surface area contributed by atoms with Crippen molar-refractivity contribution < 1.29 is 9.47 Å². The Hall–Kier alpha value is -2.74. The highest BCUT2D eigenvalue weighted by Gasteiger charge is 2.05. The summed E-state index contributed by atoms with van der Waals surface area (Å²) in [7, 11) is 3.17. The van der Waals surface area contributed by atoms with Gasteiger partial charge in [0.1, 0.15) is 17.6 Å². The van der Waals surface area contributed by atoms with Gasteiger partial charge in [0.25, 0.3) is 0 Å². The highest BCUT2D eigenvalue weighted by molar-refractivity contribution is 5.67. The number of anilines is 2. The summed E-state index contributed by atoms with van der Waals surface area (Å²) >= 11 is 0. The molecule has 1 aromatic heterocycles. The van der Waals surface area contributed by atoms with Crippen molar-refractivity contribution in [3.8, 4) is 17.6 Å². The third-order valence-corrected chi connectivity index (χ3v) is 2.57. The van der Waals surface area contributed by atoms with Crippen molar-refractivity contribution in [2.45, 2.75) is 0 Å². The minimum Gasteiger partial charge on any atom is -0.497 e. The standard InChI is InChI=1S/C14H13N3O2/c1-18-12-5-11(6-13(7-12)19-2)17-14-9-16-4-3-10(14)8-15/h3-7,9,17H,1-2H3. The molecule has 2 rings (SSSR count). The number of hydrogen-bond acceptors (Lipinski definition) is 5. The van der Waals surface area contributed by atoms with E-state index in [1.54, 1.807) is 38.7 Å². The van der Waals surface area contributed by atoms with Crippen molar-refractivity contribution in [3.63, 3.8) is 0 Å². The molecule has 5 nitrogen and oxygen atoms in total. The summed E-state index contributed by atoms with van der Waals surface area (Å²) in [5.41, 5.74) is 1.93. The van der Waals surface area contributed by atoms with Gasteiger partial charge in [0.05, 0.1) is 31.7 Å². The number of nitriles is 1. The average Bonchev–Trinajstić information content (AvgIpc) is 2.47. The van der Waals surface area contributed by atoms with Gasteiger partial charge in [-0.3, -0.25) is 4.98 Å². The summed E-state index contributed by atoms with van der Waals surface area (Å²) in [4.78, 5) is 4.00. The number of pyridine rings is 1. The Balaban J connectivity index is 2.35. The van der Waals surface area contributed by atoms with E-state index < -0.39 is 0 Å². The van der Waals surface area contributed by atoms with E-state index in [1.807, 2.05) is 12.1 Å². The Morgan fingerprint density at radius 1 is 1.16 bits per heavy atom. The zero-order valence-electron chi connectivity index (χ0n) is 10.7. The maximum Gasteiger partial charge on any atom is 0.124 e. The lowest BCUT2D eigenvalue weighted by atomic mass is 10.2. The first-order chi connectivity index (χ1) is 9.26. The molecule has 5 heteroatoms. The molecule has 2 aromatic rings. The van der Waals surface area contributed by atoms with Gasteiger partial charge < -0.3 is 14.8 Å². The largest absolute Gasteiger partial charge is 0.497 e. The van der Waals surface area contributed by atoms with Gasteiger partial charge in [-0.25, -0.2) is 0 Å². The van der Waals surface area contributed by atoms with Crippen LogP contribution >= 0.6 is 0 Å². The molecule has 0 aliphatic rings. The van der Waals surface area contributed by atoms with Crippen molar-refractivity contribution in [1.29, 1.82) is 5.26 Å². The van der Waals surface area contributed by atoms with E-state index >= 15 is 0 Å². The third kappa shape index (κ3) is 2.93. The molecule has 0 aliphatic carbocycles. The lowest BCUT2D eigenvalue weighted by molar-refractivity contribution is 0.395. The molecule has 0 spiro atoms. The second-order valence-electron chi connectivity index (χ2n) is 3.76. The van der Waals surface area contributed by atoms with E-state index in [2.05, 4.69) is 16.4 Å². The molecular weight excluding hydrogens is 242 g/mol. The lowest BCUT2D eigenvalue weighted by Gasteiger charge is -2.11. The van der Waals surface area contributed by atoms with Crippen LogP contribution in [0, 0.1) is 11.3 Å². The fourth-order valence-corrected chi connectivity index (χ4v) is 1.63. The fraction of sp³-hybridized carbons (Fsp3) is 0.143. The van der Waals surface area contributed by atoms with E-state index in [4.69, 9.17) is 14.7 Å². The van der Waals surface area contributed by atoms with Crippen LogP contribution in [0.5, 0.6) is 11.5 Å². The van der Waals surface area contributed by atoms with Gasteiger partial charge in [0, 0.05) is 30.1 Å². The highest BCUT2D eigenvalue weighted by atomic mass is 16.5. The van der Waals surface area contributed by atoms with Crippen molar-refractivity contribution >= 4 is 11.4 Å². The Bertz CT molecular complexity index is 598. The fourth-order valence-electron chi connectivity index (χ4n) is 1.63. The van der Waals surface area contributed by atoms with Crippen LogP contribution < -0.4 is 14.8 Å². The second-order valence-corrected chi connectivity index (χ2v) is 3.76. The molecule has 1 aromatic carbocycles. The summed E-state index contributed by atoms with van der Waals surface area (Å²) in [6.45, 7) is 0. The van der Waals surface area contributed by atoms with Gasteiger partial charge >= 0.3 is 0 Å². The minimum absolute atomic E-state index is 0.525. The summed E-state index contributed by atoms with van der Waals surface area (Å²) < 4.78 is 10.4. The van der Waals surface area contributed by atoms with Crippen LogP contribution in [-0.4, -0.2) is 19.2 Å². The molecule has 0 amide bonds. The number of methoxy groups -OCH3 is 2. The number of nitrogens with one attached hydrogen (secondary N) is 1. The van der Waals surface area contributed by atoms with Gasteiger partial charge in [-0.15, -0.1) is 0 Å². The molecule has 0 saturated heterocycles. The number of ether oxygens (including phenoxy) is 2. The van der Waals surface area contributed by atoms with Crippen LogP contribution in [0.3, 0.4) is 0 Å². The summed E-state index contributed by atoms with van der Waals surface area (Å²) in [6, 6.07) is 9.17.